The van der Waals surface area contributed by atoms with E-state index < -0.39 is 0 Å². The van der Waals surface area contributed by atoms with Gasteiger partial charge in [0.2, 0.25) is 0 Å². The van der Waals surface area contributed by atoms with Crippen molar-refractivity contribution < 1.29 is 5.21 Å². The first-order chi connectivity index (χ1) is 6.07. The predicted octanol–water partition coefficient (Wildman–Crippen LogP) is 2.00. The van der Waals surface area contributed by atoms with Crippen molar-refractivity contribution in [3.8, 4) is 0 Å². The van der Waals surface area contributed by atoms with Crippen LogP contribution in [0.5, 0.6) is 0 Å². The van der Waals surface area contributed by atoms with E-state index in [1.54, 1.807) is 11.7 Å². The van der Waals surface area contributed by atoms with Crippen LogP contribution in [0.25, 0.3) is 0 Å². The molecule has 1 aromatic heterocycles. The van der Waals surface area contributed by atoms with Crippen LogP contribution >= 0.6 is 11.6 Å². The number of halogens is 1. The molecule has 1 N–H and O–H groups in total. The number of aryl methyl sites for hydroxylation is 1. The van der Waals surface area contributed by atoms with Gasteiger partial charge < -0.3 is 5.21 Å². The van der Waals surface area contributed by atoms with Crippen molar-refractivity contribution in [2.75, 3.05) is 0 Å². The zero-order valence-corrected chi connectivity index (χ0v) is 8.58. The summed E-state index contributed by atoms with van der Waals surface area (Å²) in [6.45, 7) is 4.01. The molecule has 0 fully saturated rings. The lowest BCUT2D eigenvalue weighted by atomic mass is 10.1. The lowest BCUT2D eigenvalue weighted by molar-refractivity contribution is 0.322. The molecule has 1 rings (SSSR count). The summed E-state index contributed by atoms with van der Waals surface area (Å²) in [7, 11) is 1.75. The molecule has 4 nitrogen and oxygen atoms in total. The van der Waals surface area contributed by atoms with Gasteiger partial charge in [-0.3, -0.25) is 4.68 Å². The molecule has 0 radical (unpaired) electrons. The summed E-state index contributed by atoms with van der Waals surface area (Å²) in [5.41, 5.74) is 1.52. The highest BCUT2D eigenvalue weighted by Crippen LogP contribution is 2.23. The van der Waals surface area contributed by atoms with Gasteiger partial charge in [-0.2, -0.15) is 5.10 Å². The molecule has 0 saturated carbocycles. The second-order valence-electron chi connectivity index (χ2n) is 3.11. The van der Waals surface area contributed by atoms with E-state index in [4.69, 9.17) is 16.8 Å². The first-order valence-electron chi connectivity index (χ1n) is 3.97. The molecule has 0 saturated heterocycles. The molecule has 1 heterocycles. The van der Waals surface area contributed by atoms with Crippen molar-refractivity contribution in [1.29, 1.82) is 0 Å². The first kappa shape index (κ1) is 10.1. The lowest BCUT2D eigenvalue weighted by Gasteiger charge is -1.99. The van der Waals surface area contributed by atoms with E-state index in [2.05, 4.69) is 10.3 Å². The standard InChI is InChI=1S/C8H12ClN3O/c1-5(2)7-6(4-10-13)8(9)12(3)11-7/h4-5,13H,1-3H3/b10-4+. The van der Waals surface area contributed by atoms with Crippen LogP contribution in [0, 0.1) is 0 Å². The van der Waals surface area contributed by atoms with Gasteiger partial charge in [0.1, 0.15) is 5.15 Å². The Morgan fingerprint density at radius 1 is 1.62 bits per heavy atom. The Labute approximate surface area is 81.8 Å². The van der Waals surface area contributed by atoms with Gasteiger partial charge in [0, 0.05) is 7.05 Å². The third-order valence-corrected chi connectivity index (χ3v) is 2.22. The number of hydrogen-bond acceptors (Lipinski definition) is 3. The Morgan fingerprint density at radius 2 is 2.23 bits per heavy atom. The smallest absolute Gasteiger partial charge is 0.135 e. The molecule has 72 valence electrons. The van der Waals surface area contributed by atoms with Crippen LogP contribution in [-0.2, 0) is 7.05 Å². The molecular formula is C8H12ClN3O. The Morgan fingerprint density at radius 3 is 2.69 bits per heavy atom. The summed E-state index contributed by atoms with van der Waals surface area (Å²) in [4.78, 5) is 0. The van der Waals surface area contributed by atoms with Crippen LogP contribution in [0.15, 0.2) is 5.16 Å². The summed E-state index contributed by atoms with van der Waals surface area (Å²) in [5, 5.41) is 16.1. The quantitative estimate of drug-likeness (QED) is 0.452. The van der Waals surface area contributed by atoms with E-state index in [0.717, 1.165) is 5.69 Å². The summed E-state index contributed by atoms with van der Waals surface area (Å²) < 4.78 is 1.56. The Balaban J connectivity index is 3.26. The average Bonchev–Trinajstić information content (AvgIpc) is 2.33. The van der Waals surface area contributed by atoms with Crippen LogP contribution in [-0.4, -0.2) is 21.2 Å². The largest absolute Gasteiger partial charge is 0.411 e. The summed E-state index contributed by atoms with van der Waals surface area (Å²) in [6.07, 6.45) is 1.31. The number of oxime groups is 1. The Bertz CT molecular complexity index is 330. The van der Waals surface area contributed by atoms with Gasteiger partial charge in [0.05, 0.1) is 17.5 Å². The van der Waals surface area contributed by atoms with Crippen molar-refractivity contribution in [3.05, 3.63) is 16.4 Å². The summed E-state index contributed by atoms with van der Waals surface area (Å²) in [5.74, 6) is 0.256. The Hall–Kier alpha value is -1.03. The fourth-order valence-electron chi connectivity index (χ4n) is 1.14. The van der Waals surface area contributed by atoms with Crippen molar-refractivity contribution in [3.63, 3.8) is 0 Å². The van der Waals surface area contributed by atoms with Crippen LogP contribution in [0.1, 0.15) is 31.0 Å². The SMILES string of the molecule is CC(C)c1nn(C)c(Cl)c1/C=N/O. The minimum atomic E-state index is 0.256. The molecule has 0 aromatic carbocycles. The number of hydrogen-bond donors (Lipinski definition) is 1. The highest BCUT2D eigenvalue weighted by molar-refractivity contribution is 6.32. The minimum Gasteiger partial charge on any atom is -0.411 e. The van der Waals surface area contributed by atoms with E-state index >= 15 is 0 Å². The minimum absolute atomic E-state index is 0.256. The number of nitrogens with zero attached hydrogens (tertiary/aromatic N) is 3. The fraction of sp³-hybridized carbons (Fsp3) is 0.500. The second-order valence-corrected chi connectivity index (χ2v) is 3.47. The third kappa shape index (κ3) is 1.83. The summed E-state index contributed by atoms with van der Waals surface area (Å²) in [6, 6.07) is 0. The predicted molar refractivity (Wildman–Crippen MR) is 51.7 cm³/mol. The maximum atomic E-state index is 8.43. The van der Waals surface area contributed by atoms with E-state index in [9.17, 15) is 0 Å². The third-order valence-electron chi connectivity index (χ3n) is 1.77. The van der Waals surface area contributed by atoms with Gasteiger partial charge >= 0.3 is 0 Å². The molecule has 5 heteroatoms. The molecule has 0 bridgehead atoms. The normalized spacial score (nSPS) is 11.8. The molecule has 13 heavy (non-hydrogen) atoms. The van der Waals surface area contributed by atoms with Crippen LogP contribution in [0.3, 0.4) is 0 Å². The summed E-state index contributed by atoms with van der Waals surface area (Å²) >= 11 is 5.93. The van der Waals surface area contributed by atoms with Crippen molar-refractivity contribution >= 4 is 17.8 Å². The lowest BCUT2D eigenvalue weighted by Crippen LogP contribution is -1.94. The van der Waals surface area contributed by atoms with E-state index in [1.807, 2.05) is 13.8 Å². The highest BCUT2D eigenvalue weighted by Gasteiger charge is 2.15. The average molecular weight is 202 g/mol. The van der Waals surface area contributed by atoms with Gasteiger partial charge in [0.15, 0.2) is 0 Å². The molecule has 0 aliphatic heterocycles. The molecule has 0 unspecified atom stereocenters. The monoisotopic (exact) mass is 201 g/mol. The van der Waals surface area contributed by atoms with Gasteiger partial charge in [-0.1, -0.05) is 30.6 Å². The van der Waals surface area contributed by atoms with E-state index in [0.29, 0.717) is 10.7 Å². The maximum absolute atomic E-state index is 8.43. The molecule has 0 spiro atoms. The van der Waals surface area contributed by atoms with Crippen LogP contribution in [0.2, 0.25) is 5.15 Å². The second kappa shape index (κ2) is 3.79. The Kier molecular flexibility index (Phi) is 2.93. The first-order valence-corrected chi connectivity index (χ1v) is 4.35. The van der Waals surface area contributed by atoms with Crippen LogP contribution in [0.4, 0.5) is 0 Å². The van der Waals surface area contributed by atoms with Gasteiger partial charge in [-0.15, -0.1) is 0 Å². The topological polar surface area (TPSA) is 50.4 Å². The van der Waals surface area contributed by atoms with E-state index in [1.165, 1.54) is 6.21 Å². The molecule has 0 amide bonds. The fourth-order valence-corrected chi connectivity index (χ4v) is 1.33. The zero-order valence-electron chi connectivity index (χ0n) is 7.82. The van der Waals surface area contributed by atoms with Gasteiger partial charge in [-0.25, -0.2) is 0 Å². The molecule has 0 aliphatic carbocycles. The van der Waals surface area contributed by atoms with E-state index in [-0.39, 0.29) is 5.92 Å². The molecule has 0 atom stereocenters. The van der Waals surface area contributed by atoms with Gasteiger partial charge in [-0.05, 0) is 5.92 Å². The highest BCUT2D eigenvalue weighted by atomic mass is 35.5. The van der Waals surface area contributed by atoms with Crippen molar-refractivity contribution in [2.45, 2.75) is 19.8 Å². The maximum Gasteiger partial charge on any atom is 0.135 e. The van der Waals surface area contributed by atoms with Gasteiger partial charge in [0.25, 0.3) is 0 Å². The molecule has 0 aliphatic rings. The zero-order chi connectivity index (χ0) is 10.0. The number of aromatic nitrogens is 2. The molecular weight excluding hydrogens is 190 g/mol. The number of rotatable bonds is 2. The molecule has 1 aromatic rings. The van der Waals surface area contributed by atoms with Crippen LogP contribution < -0.4 is 0 Å². The van der Waals surface area contributed by atoms with Crippen molar-refractivity contribution in [2.24, 2.45) is 12.2 Å². The van der Waals surface area contributed by atoms with Crippen molar-refractivity contribution in [1.82, 2.24) is 9.78 Å².